The molecule has 1 heterocycles. The minimum absolute atomic E-state index is 0.244. The highest BCUT2D eigenvalue weighted by Gasteiger charge is 2.19. The minimum Gasteiger partial charge on any atom is -0.376 e. The van der Waals surface area contributed by atoms with Crippen molar-refractivity contribution < 1.29 is 9.13 Å². The third kappa shape index (κ3) is 1.63. The Balaban J connectivity index is 2.30. The zero-order chi connectivity index (χ0) is 6.69. The predicted octanol–water partition coefficient (Wildman–Crippen LogP) is 0.634. The largest absolute Gasteiger partial charge is 0.376 e. The second-order valence-corrected chi connectivity index (χ2v) is 2.14. The molecule has 1 aliphatic rings. The second kappa shape index (κ2) is 3.13. The van der Waals surface area contributed by atoms with Crippen molar-refractivity contribution in [2.45, 2.75) is 13.2 Å². The van der Waals surface area contributed by atoms with E-state index in [1.54, 1.807) is 4.90 Å². The first-order valence-corrected chi connectivity index (χ1v) is 3.30. The van der Waals surface area contributed by atoms with E-state index >= 15 is 0 Å². The maximum Gasteiger partial charge on any atom is 0.177 e. The van der Waals surface area contributed by atoms with Gasteiger partial charge in [0.2, 0.25) is 0 Å². The van der Waals surface area contributed by atoms with Crippen molar-refractivity contribution in [2.75, 3.05) is 26.3 Å². The van der Waals surface area contributed by atoms with E-state index in [-0.39, 0.29) is 6.61 Å². The van der Waals surface area contributed by atoms with Gasteiger partial charge in [0.1, 0.15) is 0 Å². The molecule has 0 amide bonds. The topological polar surface area (TPSA) is 12.5 Å². The van der Waals surface area contributed by atoms with E-state index in [2.05, 4.69) is 0 Å². The van der Waals surface area contributed by atoms with Gasteiger partial charge in [-0.25, -0.2) is 4.39 Å². The maximum absolute atomic E-state index is 12.6. The van der Waals surface area contributed by atoms with E-state index in [1.807, 2.05) is 6.92 Å². The molecule has 0 aromatic rings. The average molecular weight is 133 g/mol. The Kier molecular flexibility index (Phi) is 2.42. The smallest absolute Gasteiger partial charge is 0.177 e. The first kappa shape index (κ1) is 6.96. The van der Waals surface area contributed by atoms with Crippen LogP contribution >= 0.6 is 0 Å². The Morgan fingerprint density at radius 1 is 1.78 bits per heavy atom. The molecule has 0 aliphatic carbocycles. The van der Waals surface area contributed by atoms with Crippen LogP contribution in [0.2, 0.25) is 0 Å². The summed E-state index contributed by atoms with van der Waals surface area (Å²) in [5.74, 6) is 0. The molecular weight excluding hydrogens is 121 g/mol. The summed E-state index contributed by atoms with van der Waals surface area (Å²) in [6.45, 7) is 4.39. The zero-order valence-corrected chi connectivity index (χ0v) is 5.64. The Labute approximate surface area is 54.6 Å². The molecule has 0 aromatic carbocycles. The summed E-state index contributed by atoms with van der Waals surface area (Å²) < 4.78 is 17.5. The quantitative estimate of drug-likeness (QED) is 0.486. The van der Waals surface area contributed by atoms with Gasteiger partial charge < -0.3 is 4.74 Å². The van der Waals surface area contributed by atoms with Gasteiger partial charge in [-0.2, -0.15) is 0 Å². The molecule has 1 unspecified atom stereocenters. The Hall–Kier alpha value is -0.150. The molecule has 0 saturated carbocycles. The first-order valence-electron chi connectivity index (χ1n) is 3.30. The molecular formula is C6H12FNO. The number of rotatable bonds is 1. The molecule has 1 fully saturated rings. The number of hydrogen-bond acceptors (Lipinski definition) is 2. The molecule has 1 rings (SSSR count). The van der Waals surface area contributed by atoms with E-state index in [1.165, 1.54) is 0 Å². The number of alkyl halides is 1. The number of hydrogen-bond donors (Lipinski definition) is 0. The number of morpholine rings is 1. The molecule has 0 spiro atoms. The number of likely N-dealkylation sites (N-methyl/N-ethyl adjacent to an activating group) is 1. The Morgan fingerprint density at radius 2 is 2.56 bits per heavy atom. The molecule has 0 aromatic heterocycles. The van der Waals surface area contributed by atoms with E-state index in [9.17, 15) is 4.39 Å². The maximum atomic E-state index is 12.6. The molecule has 0 radical (unpaired) electrons. The van der Waals surface area contributed by atoms with Gasteiger partial charge in [0.25, 0.3) is 0 Å². The third-order valence-electron chi connectivity index (χ3n) is 1.58. The lowest BCUT2D eigenvalue weighted by molar-refractivity contribution is -0.0600. The first-order chi connectivity index (χ1) is 4.34. The molecule has 9 heavy (non-hydrogen) atoms. The summed E-state index contributed by atoms with van der Waals surface area (Å²) in [6, 6.07) is 0. The number of nitrogens with zero attached hydrogens (tertiary/aromatic N) is 1. The summed E-state index contributed by atoms with van der Waals surface area (Å²) in [5, 5.41) is 0. The molecule has 2 nitrogen and oxygen atoms in total. The van der Waals surface area contributed by atoms with Crippen molar-refractivity contribution in [3.05, 3.63) is 0 Å². The molecule has 54 valence electrons. The van der Waals surface area contributed by atoms with Crippen molar-refractivity contribution in [3.8, 4) is 0 Å². The van der Waals surface area contributed by atoms with Gasteiger partial charge in [-0.1, -0.05) is 6.92 Å². The predicted molar refractivity (Wildman–Crippen MR) is 33.0 cm³/mol. The van der Waals surface area contributed by atoms with Gasteiger partial charge in [-0.05, 0) is 6.54 Å². The summed E-state index contributed by atoms with van der Waals surface area (Å²) in [5.41, 5.74) is 0. The second-order valence-electron chi connectivity index (χ2n) is 2.14. The highest BCUT2D eigenvalue weighted by Crippen LogP contribution is 2.05. The van der Waals surface area contributed by atoms with Gasteiger partial charge in [0.05, 0.1) is 13.2 Å². The molecule has 1 atom stereocenters. The fourth-order valence-corrected chi connectivity index (χ4v) is 0.964. The lowest BCUT2D eigenvalue weighted by Crippen LogP contribution is -2.42. The van der Waals surface area contributed by atoms with E-state index in [0.29, 0.717) is 6.61 Å². The van der Waals surface area contributed by atoms with Crippen LogP contribution in [-0.4, -0.2) is 37.5 Å². The average Bonchev–Trinajstić information content (AvgIpc) is 1.89. The number of halogens is 1. The normalized spacial score (nSPS) is 30.7. The highest BCUT2D eigenvalue weighted by molar-refractivity contribution is 4.63. The van der Waals surface area contributed by atoms with Crippen LogP contribution in [0.5, 0.6) is 0 Å². The van der Waals surface area contributed by atoms with Crippen LogP contribution in [0.3, 0.4) is 0 Å². The highest BCUT2D eigenvalue weighted by atomic mass is 19.1. The van der Waals surface area contributed by atoms with Crippen molar-refractivity contribution in [1.82, 2.24) is 4.90 Å². The molecule has 3 heteroatoms. The van der Waals surface area contributed by atoms with Gasteiger partial charge in [-0.3, -0.25) is 4.90 Å². The standard InChI is InChI=1S/C6H12FNO/c1-2-8-3-4-9-5-6(8)7/h6H,2-5H2,1H3. The van der Waals surface area contributed by atoms with Gasteiger partial charge in [0, 0.05) is 6.54 Å². The van der Waals surface area contributed by atoms with Crippen LogP contribution in [0, 0.1) is 0 Å². The van der Waals surface area contributed by atoms with Crippen LogP contribution in [0.4, 0.5) is 4.39 Å². The Morgan fingerprint density at radius 3 is 3.00 bits per heavy atom. The molecule has 1 saturated heterocycles. The van der Waals surface area contributed by atoms with E-state index in [4.69, 9.17) is 4.74 Å². The summed E-state index contributed by atoms with van der Waals surface area (Å²) in [7, 11) is 0. The summed E-state index contributed by atoms with van der Waals surface area (Å²) in [6.07, 6.45) is -0.872. The lowest BCUT2D eigenvalue weighted by Gasteiger charge is -2.28. The van der Waals surface area contributed by atoms with Crippen molar-refractivity contribution in [1.29, 1.82) is 0 Å². The summed E-state index contributed by atoms with van der Waals surface area (Å²) in [4.78, 5) is 1.77. The monoisotopic (exact) mass is 133 g/mol. The molecule has 1 aliphatic heterocycles. The lowest BCUT2D eigenvalue weighted by atomic mass is 10.4. The van der Waals surface area contributed by atoms with Crippen LogP contribution < -0.4 is 0 Å². The van der Waals surface area contributed by atoms with Gasteiger partial charge in [-0.15, -0.1) is 0 Å². The minimum atomic E-state index is -0.872. The number of ether oxygens (including phenoxy) is 1. The SMILES string of the molecule is CCN1CCOCC1F. The third-order valence-corrected chi connectivity index (χ3v) is 1.58. The van der Waals surface area contributed by atoms with Crippen molar-refractivity contribution in [2.24, 2.45) is 0 Å². The molecule has 0 bridgehead atoms. The van der Waals surface area contributed by atoms with Crippen molar-refractivity contribution >= 4 is 0 Å². The van der Waals surface area contributed by atoms with Crippen LogP contribution in [-0.2, 0) is 4.74 Å². The summed E-state index contributed by atoms with van der Waals surface area (Å²) >= 11 is 0. The zero-order valence-electron chi connectivity index (χ0n) is 5.64. The Bertz CT molecular complexity index is 89.1. The fourth-order valence-electron chi connectivity index (χ4n) is 0.964. The van der Waals surface area contributed by atoms with E-state index < -0.39 is 6.30 Å². The van der Waals surface area contributed by atoms with Crippen LogP contribution in [0.25, 0.3) is 0 Å². The molecule has 0 N–H and O–H groups in total. The van der Waals surface area contributed by atoms with Gasteiger partial charge in [0.15, 0.2) is 6.30 Å². The van der Waals surface area contributed by atoms with E-state index in [0.717, 1.165) is 13.1 Å². The fraction of sp³-hybridized carbons (Fsp3) is 1.00. The van der Waals surface area contributed by atoms with Crippen LogP contribution in [0.1, 0.15) is 6.92 Å². The van der Waals surface area contributed by atoms with Crippen molar-refractivity contribution in [3.63, 3.8) is 0 Å². The van der Waals surface area contributed by atoms with Gasteiger partial charge >= 0.3 is 0 Å². The van der Waals surface area contributed by atoms with Crippen LogP contribution in [0.15, 0.2) is 0 Å².